The van der Waals surface area contributed by atoms with Crippen LogP contribution in [0, 0.1) is 11.8 Å². The molecule has 5 heteroatoms. The van der Waals surface area contributed by atoms with Crippen molar-refractivity contribution in [3.05, 3.63) is 0 Å². The van der Waals surface area contributed by atoms with E-state index in [2.05, 4.69) is 0 Å². The average Bonchev–Trinajstić information content (AvgIpc) is 2.41. The summed E-state index contributed by atoms with van der Waals surface area (Å²) < 4.78 is 0. The number of carbonyl (C=O) groups is 2. The summed E-state index contributed by atoms with van der Waals surface area (Å²) >= 11 is 0. The average molecular weight is 306 g/mol. The zero-order chi connectivity index (χ0) is 13.4. The van der Waals surface area contributed by atoms with Crippen LogP contribution in [0.5, 0.6) is 0 Å². The Hall–Kier alpha value is -0.528. The Labute approximate surface area is 125 Å². The molecule has 0 aliphatic heterocycles. The zero-order valence-electron chi connectivity index (χ0n) is 11.3. The van der Waals surface area contributed by atoms with E-state index < -0.39 is 11.9 Å². The van der Waals surface area contributed by atoms with Gasteiger partial charge in [-0.1, -0.05) is 38.5 Å². The smallest absolute Gasteiger partial charge is 0.550 e. The number of rotatable bonds is 2. The third kappa shape index (κ3) is 7.59. The second-order valence-corrected chi connectivity index (χ2v) is 5.31. The van der Waals surface area contributed by atoms with E-state index in [0.717, 1.165) is 51.4 Å². The number of hydrogen-bond acceptors (Lipinski definition) is 4. The molecule has 108 valence electrons. The Morgan fingerprint density at radius 3 is 1.05 bits per heavy atom. The van der Waals surface area contributed by atoms with E-state index in [4.69, 9.17) is 0 Å². The van der Waals surface area contributed by atoms with Gasteiger partial charge in [0.15, 0.2) is 0 Å². The van der Waals surface area contributed by atoms with Crippen LogP contribution in [-0.2, 0) is 27.0 Å². The van der Waals surface area contributed by atoms with E-state index >= 15 is 0 Å². The molecule has 0 unspecified atom stereocenters. The Morgan fingerprint density at radius 1 is 0.632 bits per heavy atom. The van der Waals surface area contributed by atoms with Crippen molar-refractivity contribution in [2.45, 2.75) is 64.2 Å². The van der Waals surface area contributed by atoms with Gasteiger partial charge in [-0.05, 0) is 37.5 Å². The molecule has 4 nitrogen and oxygen atoms in total. The second-order valence-electron chi connectivity index (χ2n) is 5.31. The van der Waals surface area contributed by atoms with Crippen LogP contribution in [0.15, 0.2) is 0 Å². The molecule has 0 spiro atoms. The zero-order valence-corrected chi connectivity index (χ0v) is 12.5. The minimum atomic E-state index is -0.852. The van der Waals surface area contributed by atoms with Crippen LogP contribution in [0.2, 0.25) is 0 Å². The van der Waals surface area contributed by atoms with Crippen molar-refractivity contribution in [1.29, 1.82) is 0 Å². The SMILES string of the molecule is O=C([O-])C1CCCCC1.O=C([O-])C1CCCCC1.[Cr+2]. The maximum absolute atomic E-state index is 10.2. The van der Waals surface area contributed by atoms with Crippen LogP contribution in [0.1, 0.15) is 64.2 Å². The standard InChI is InChI=1S/2C7H12O2.Cr/c2*8-7(9)6-4-2-1-3-5-6;/h2*6H,1-5H2,(H,8,9);/q;;+2/p-2. The van der Waals surface area contributed by atoms with Crippen LogP contribution in [0.3, 0.4) is 0 Å². The largest absolute Gasteiger partial charge is 2.00 e. The van der Waals surface area contributed by atoms with Gasteiger partial charge in [0.05, 0.1) is 0 Å². The molecule has 0 atom stereocenters. The molecule has 0 aromatic rings. The maximum atomic E-state index is 10.2. The number of carboxylic acids is 2. The third-order valence-electron chi connectivity index (χ3n) is 3.88. The van der Waals surface area contributed by atoms with Gasteiger partial charge in [0.2, 0.25) is 0 Å². The van der Waals surface area contributed by atoms with Crippen molar-refractivity contribution in [3.63, 3.8) is 0 Å². The summed E-state index contributed by atoms with van der Waals surface area (Å²) in [4.78, 5) is 20.5. The fourth-order valence-corrected chi connectivity index (χ4v) is 2.68. The van der Waals surface area contributed by atoms with E-state index in [-0.39, 0.29) is 29.2 Å². The van der Waals surface area contributed by atoms with Gasteiger partial charge in [-0.2, -0.15) is 0 Å². The summed E-state index contributed by atoms with van der Waals surface area (Å²) in [6.45, 7) is 0. The summed E-state index contributed by atoms with van der Waals surface area (Å²) in [5.74, 6) is -1.98. The van der Waals surface area contributed by atoms with Gasteiger partial charge in [-0.25, -0.2) is 0 Å². The van der Waals surface area contributed by atoms with Crippen LogP contribution in [-0.4, -0.2) is 11.9 Å². The van der Waals surface area contributed by atoms with Gasteiger partial charge in [0, 0.05) is 11.9 Å². The minimum Gasteiger partial charge on any atom is -0.550 e. The first-order valence-electron chi connectivity index (χ1n) is 7.03. The van der Waals surface area contributed by atoms with Gasteiger partial charge < -0.3 is 19.8 Å². The topological polar surface area (TPSA) is 80.3 Å². The van der Waals surface area contributed by atoms with E-state index in [1.54, 1.807) is 0 Å². The first-order chi connectivity index (χ1) is 8.61. The van der Waals surface area contributed by atoms with Crippen molar-refractivity contribution >= 4 is 11.9 Å². The maximum Gasteiger partial charge on any atom is 2.00 e. The molecule has 0 N–H and O–H groups in total. The monoisotopic (exact) mass is 306 g/mol. The van der Waals surface area contributed by atoms with Gasteiger partial charge in [-0.15, -0.1) is 0 Å². The quantitative estimate of drug-likeness (QED) is 0.749. The molecular formula is C14H22CrO4. The predicted molar refractivity (Wildman–Crippen MR) is 63.2 cm³/mol. The molecule has 0 aromatic carbocycles. The number of carboxylic acid groups (broad SMARTS) is 2. The summed E-state index contributed by atoms with van der Waals surface area (Å²) in [5.41, 5.74) is 0. The van der Waals surface area contributed by atoms with Crippen LogP contribution in [0.25, 0.3) is 0 Å². The number of hydrogen-bond donors (Lipinski definition) is 0. The molecule has 2 aliphatic rings. The second kappa shape index (κ2) is 10.3. The van der Waals surface area contributed by atoms with Crippen LogP contribution in [0.4, 0.5) is 0 Å². The van der Waals surface area contributed by atoms with Crippen molar-refractivity contribution < 1.29 is 37.2 Å². The summed E-state index contributed by atoms with van der Waals surface area (Å²) in [6, 6.07) is 0. The van der Waals surface area contributed by atoms with Crippen molar-refractivity contribution in [3.8, 4) is 0 Å². The van der Waals surface area contributed by atoms with E-state index in [1.165, 1.54) is 12.8 Å². The normalized spacial score (nSPS) is 20.6. The van der Waals surface area contributed by atoms with Crippen LogP contribution < -0.4 is 10.2 Å². The first kappa shape index (κ1) is 18.5. The molecule has 0 aromatic heterocycles. The fourth-order valence-electron chi connectivity index (χ4n) is 2.68. The molecule has 0 heterocycles. The molecular weight excluding hydrogens is 284 g/mol. The fraction of sp³-hybridized carbons (Fsp3) is 0.857. The Bertz CT molecular complexity index is 241. The summed E-state index contributed by atoms with van der Waals surface area (Å²) in [7, 11) is 0. The summed E-state index contributed by atoms with van der Waals surface area (Å²) in [6.07, 6.45) is 10.0. The predicted octanol–water partition coefficient (Wildman–Crippen LogP) is 0.631. The first-order valence-corrected chi connectivity index (χ1v) is 7.03. The number of aliphatic carboxylic acids is 2. The molecule has 0 radical (unpaired) electrons. The summed E-state index contributed by atoms with van der Waals surface area (Å²) in [5, 5.41) is 20.5. The van der Waals surface area contributed by atoms with E-state index in [0.29, 0.717) is 0 Å². The Balaban J connectivity index is 0.000000324. The Kier molecular flexibility index (Phi) is 10.00. The van der Waals surface area contributed by atoms with E-state index in [9.17, 15) is 19.8 Å². The van der Waals surface area contributed by atoms with Crippen molar-refractivity contribution in [1.82, 2.24) is 0 Å². The molecule has 2 saturated carbocycles. The molecule has 2 aliphatic carbocycles. The Morgan fingerprint density at radius 2 is 0.895 bits per heavy atom. The minimum absolute atomic E-state index is 0. The molecule has 19 heavy (non-hydrogen) atoms. The third-order valence-corrected chi connectivity index (χ3v) is 3.88. The van der Waals surface area contributed by atoms with Gasteiger partial charge >= 0.3 is 17.4 Å². The van der Waals surface area contributed by atoms with Crippen molar-refractivity contribution in [2.24, 2.45) is 11.8 Å². The molecule has 0 saturated heterocycles. The van der Waals surface area contributed by atoms with Gasteiger partial charge in [0.25, 0.3) is 0 Å². The van der Waals surface area contributed by atoms with Gasteiger partial charge in [0.1, 0.15) is 0 Å². The van der Waals surface area contributed by atoms with Crippen LogP contribution >= 0.6 is 0 Å². The molecule has 2 rings (SSSR count). The molecule has 0 bridgehead atoms. The van der Waals surface area contributed by atoms with Crippen molar-refractivity contribution in [2.75, 3.05) is 0 Å². The molecule has 2 fully saturated rings. The van der Waals surface area contributed by atoms with E-state index in [1.807, 2.05) is 0 Å². The molecule has 0 amide bonds. The van der Waals surface area contributed by atoms with Gasteiger partial charge in [-0.3, -0.25) is 0 Å². The number of carbonyl (C=O) groups excluding carboxylic acids is 2.